The van der Waals surface area contributed by atoms with Gasteiger partial charge in [-0.05, 0) is 113 Å². The van der Waals surface area contributed by atoms with Crippen molar-refractivity contribution in [3.63, 3.8) is 0 Å². The largest absolute Gasteiger partial charge is 0.508 e. The van der Waals surface area contributed by atoms with Gasteiger partial charge in [-0.25, -0.2) is 0 Å². The fourth-order valence-electron chi connectivity index (χ4n) is 7.15. The Kier molecular flexibility index (Phi) is 3.83. The smallest absolute Gasteiger partial charge is 0.119 e. The second kappa shape index (κ2) is 6.34. The van der Waals surface area contributed by atoms with Gasteiger partial charge in [-0.1, -0.05) is 30.3 Å². The molecule has 148 valence electrons. The summed E-state index contributed by atoms with van der Waals surface area (Å²) in [5.41, 5.74) is 4.73. The van der Waals surface area contributed by atoms with E-state index in [0.717, 1.165) is 28.7 Å². The summed E-state index contributed by atoms with van der Waals surface area (Å²) in [4.78, 5) is 0. The lowest BCUT2D eigenvalue weighted by molar-refractivity contribution is -0.00611. The Morgan fingerprint density at radius 2 is 1.31 bits per heavy atom. The van der Waals surface area contributed by atoms with E-state index in [9.17, 15) is 10.2 Å². The molecule has 0 aromatic heterocycles. The topological polar surface area (TPSA) is 40.5 Å². The molecule has 3 aromatic carbocycles. The van der Waals surface area contributed by atoms with Crippen LogP contribution < -0.4 is 0 Å². The first-order valence-electron chi connectivity index (χ1n) is 11.1. The van der Waals surface area contributed by atoms with Crippen molar-refractivity contribution in [2.45, 2.75) is 50.5 Å². The van der Waals surface area contributed by atoms with Gasteiger partial charge in [0.05, 0.1) is 6.61 Å². The van der Waals surface area contributed by atoms with E-state index in [4.69, 9.17) is 0 Å². The molecule has 7 rings (SSSR count). The fraction of sp³-hybridized carbons (Fsp3) is 0.407. The number of fused-ring (bicyclic) bond motifs is 1. The third-order valence-corrected chi connectivity index (χ3v) is 8.03. The normalized spacial score (nSPS) is 30.2. The molecule has 29 heavy (non-hydrogen) atoms. The molecular weight excluding hydrogens is 356 g/mol. The first-order chi connectivity index (χ1) is 14.1. The number of hydrogen-bond acceptors (Lipinski definition) is 2. The summed E-state index contributed by atoms with van der Waals surface area (Å²) in [7, 11) is 0. The van der Waals surface area contributed by atoms with Gasteiger partial charge in [0.15, 0.2) is 0 Å². The van der Waals surface area contributed by atoms with Crippen molar-refractivity contribution >= 4 is 10.8 Å². The van der Waals surface area contributed by atoms with Gasteiger partial charge in [-0.15, -0.1) is 0 Å². The lowest BCUT2D eigenvalue weighted by Gasteiger charge is -2.57. The van der Waals surface area contributed by atoms with Crippen molar-refractivity contribution in [2.24, 2.45) is 17.8 Å². The summed E-state index contributed by atoms with van der Waals surface area (Å²) in [6, 6.07) is 18.9. The molecule has 0 atom stereocenters. The lowest BCUT2D eigenvalue weighted by Crippen LogP contribution is -2.48. The zero-order valence-electron chi connectivity index (χ0n) is 16.8. The molecule has 4 aliphatic rings. The van der Waals surface area contributed by atoms with E-state index in [1.54, 1.807) is 0 Å². The van der Waals surface area contributed by atoms with Crippen LogP contribution in [0.3, 0.4) is 0 Å². The molecule has 0 heterocycles. The average Bonchev–Trinajstić information content (AvgIpc) is 2.72. The Balaban J connectivity index is 1.42. The lowest BCUT2D eigenvalue weighted by atomic mass is 9.48. The number of phenols is 1. The highest BCUT2D eigenvalue weighted by molar-refractivity contribution is 5.88. The predicted octanol–water partition coefficient (Wildman–Crippen LogP) is 6.17. The zero-order valence-corrected chi connectivity index (χ0v) is 16.8. The van der Waals surface area contributed by atoms with Gasteiger partial charge in [0.25, 0.3) is 0 Å². The van der Waals surface area contributed by atoms with Crippen molar-refractivity contribution in [2.75, 3.05) is 0 Å². The van der Waals surface area contributed by atoms with Crippen LogP contribution in [-0.4, -0.2) is 10.2 Å². The van der Waals surface area contributed by atoms with Gasteiger partial charge in [-0.2, -0.15) is 0 Å². The maximum absolute atomic E-state index is 10.8. The molecule has 0 radical (unpaired) electrons. The third kappa shape index (κ3) is 2.80. The van der Waals surface area contributed by atoms with Crippen molar-refractivity contribution in [3.8, 4) is 16.9 Å². The van der Waals surface area contributed by atoms with Crippen LogP contribution in [0.2, 0.25) is 0 Å². The fourth-order valence-corrected chi connectivity index (χ4v) is 7.15. The predicted molar refractivity (Wildman–Crippen MR) is 117 cm³/mol. The van der Waals surface area contributed by atoms with E-state index in [1.807, 2.05) is 12.1 Å². The van der Waals surface area contributed by atoms with Crippen LogP contribution in [0, 0.1) is 17.8 Å². The Bertz CT molecular complexity index is 1060. The van der Waals surface area contributed by atoms with Gasteiger partial charge < -0.3 is 10.2 Å². The molecule has 4 aliphatic carbocycles. The molecule has 2 nitrogen and oxygen atoms in total. The summed E-state index contributed by atoms with van der Waals surface area (Å²) in [6.07, 6.45) is 8.04. The summed E-state index contributed by atoms with van der Waals surface area (Å²) < 4.78 is 0. The van der Waals surface area contributed by atoms with Gasteiger partial charge >= 0.3 is 0 Å². The number of aliphatic hydroxyl groups is 1. The summed E-state index contributed by atoms with van der Waals surface area (Å²) in [5, 5.41) is 22.6. The van der Waals surface area contributed by atoms with Crippen LogP contribution in [0.25, 0.3) is 21.9 Å². The average molecular weight is 385 g/mol. The van der Waals surface area contributed by atoms with Crippen LogP contribution >= 0.6 is 0 Å². The second-order valence-electron chi connectivity index (χ2n) is 9.98. The minimum absolute atomic E-state index is 0.0735. The van der Waals surface area contributed by atoms with E-state index >= 15 is 0 Å². The summed E-state index contributed by atoms with van der Waals surface area (Å²) >= 11 is 0. The van der Waals surface area contributed by atoms with Crippen molar-refractivity contribution in [1.82, 2.24) is 0 Å². The maximum Gasteiger partial charge on any atom is 0.119 e. The number of aromatic hydroxyl groups is 1. The van der Waals surface area contributed by atoms with E-state index in [0.29, 0.717) is 5.75 Å². The third-order valence-electron chi connectivity index (χ3n) is 8.03. The Hall–Kier alpha value is -2.32. The monoisotopic (exact) mass is 384 g/mol. The molecule has 4 fully saturated rings. The van der Waals surface area contributed by atoms with E-state index in [-0.39, 0.29) is 12.0 Å². The number of benzene rings is 3. The SMILES string of the molecule is OCc1ccc2cc(-c3ccc(O)c(C45CC6CC(CC(C6)C4)C5)c3)ccc2c1. The van der Waals surface area contributed by atoms with Gasteiger partial charge in [-0.3, -0.25) is 0 Å². The van der Waals surface area contributed by atoms with Gasteiger partial charge in [0, 0.05) is 5.56 Å². The molecule has 0 unspecified atom stereocenters. The van der Waals surface area contributed by atoms with Crippen LogP contribution in [0.1, 0.15) is 49.7 Å². The number of rotatable bonds is 3. The van der Waals surface area contributed by atoms with Crippen LogP contribution in [0.15, 0.2) is 54.6 Å². The highest BCUT2D eigenvalue weighted by Gasteiger charge is 2.52. The summed E-state index contributed by atoms with van der Waals surface area (Å²) in [5.74, 6) is 3.09. The Morgan fingerprint density at radius 1 is 0.724 bits per heavy atom. The molecule has 0 amide bonds. The number of phenolic OH excluding ortho intramolecular Hbond substituents is 1. The maximum atomic E-state index is 10.8. The molecule has 4 saturated carbocycles. The first-order valence-corrected chi connectivity index (χ1v) is 11.1. The van der Waals surface area contributed by atoms with E-state index in [1.165, 1.54) is 60.6 Å². The second-order valence-corrected chi connectivity index (χ2v) is 9.98. The highest BCUT2D eigenvalue weighted by atomic mass is 16.3. The summed E-state index contributed by atoms with van der Waals surface area (Å²) in [6.45, 7) is 0.0735. The molecule has 3 aromatic rings. The van der Waals surface area contributed by atoms with Gasteiger partial charge in [0.1, 0.15) is 5.75 Å². The molecule has 0 spiro atoms. The molecular formula is C27H28O2. The molecule has 2 heteroatoms. The van der Waals surface area contributed by atoms with Gasteiger partial charge in [0.2, 0.25) is 0 Å². The van der Waals surface area contributed by atoms with Crippen LogP contribution in [-0.2, 0) is 12.0 Å². The number of hydrogen-bond donors (Lipinski definition) is 2. The molecule has 0 saturated heterocycles. The molecule has 0 aliphatic heterocycles. The minimum Gasteiger partial charge on any atom is -0.508 e. The Morgan fingerprint density at radius 3 is 2.00 bits per heavy atom. The van der Waals surface area contributed by atoms with Crippen LogP contribution in [0.4, 0.5) is 0 Å². The standard InChI is InChI=1S/C27H28O2/c28-16-17-1-2-22-11-23(4-3-21(22)10-17)24-5-6-26(29)25(12-24)27-13-18-7-19(14-27)9-20(8-18)15-27/h1-6,10-12,18-20,28-29H,7-9,13-16H2. The van der Waals surface area contributed by atoms with Crippen molar-refractivity contribution < 1.29 is 10.2 Å². The van der Waals surface area contributed by atoms with Crippen LogP contribution in [0.5, 0.6) is 5.75 Å². The number of aliphatic hydroxyl groups excluding tert-OH is 1. The quantitative estimate of drug-likeness (QED) is 0.567. The van der Waals surface area contributed by atoms with E-state index in [2.05, 4.69) is 42.5 Å². The molecule has 2 N–H and O–H groups in total. The van der Waals surface area contributed by atoms with E-state index < -0.39 is 0 Å². The van der Waals surface area contributed by atoms with Crippen molar-refractivity contribution in [3.05, 3.63) is 65.7 Å². The minimum atomic E-state index is 0.0735. The van der Waals surface area contributed by atoms with Crippen molar-refractivity contribution in [1.29, 1.82) is 0 Å². The first kappa shape index (κ1) is 17.5. The molecule has 4 bridgehead atoms. The zero-order chi connectivity index (χ0) is 19.6. The highest BCUT2D eigenvalue weighted by Crippen LogP contribution is 2.62. The Labute approximate surface area is 172 Å².